The third kappa shape index (κ3) is 6.65. The molecule has 4 aromatic rings. The quantitative estimate of drug-likeness (QED) is 0.192. The summed E-state index contributed by atoms with van der Waals surface area (Å²) < 4.78 is 2.50. The molecule has 4 aromatic carbocycles. The molecule has 3 atom stereocenters. The highest BCUT2D eigenvalue weighted by atomic mass is 16.3. The van der Waals surface area contributed by atoms with Gasteiger partial charge in [0.05, 0.1) is 13.1 Å². The summed E-state index contributed by atoms with van der Waals surface area (Å²) in [5.74, 6) is 0.808. The Hall–Kier alpha value is -5.44. The minimum absolute atomic E-state index is 0.126. The average molecular weight is 723 g/mol. The van der Waals surface area contributed by atoms with Crippen LogP contribution in [0, 0.1) is 5.92 Å². The lowest BCUT2D eigenvalue weighted by Crippen LogP contribution is -2.52. The summed E-state index contributed by atoms with van der Waals surface area (Å²) >= 11 is 0. The minimum Gasteiger partial charge on any atom is -0.508 e. The highest BCUT2D eigenvalue weighted by molar-refractivity contribution is 6.05. The number of nitrogens with one attached hydrogen (secondary N) is 1. The maximum Gasteiger partial charge on any atom is 0.255 e. The highest BCUT2D eigenvalue weighted by Crippen LogP contribution is 2.47. The number of piperidine rings is 2. The molecule has 5 aliphatic rings. The van der Waals surface area contributed by atoms with E-state index in [4.69, 9.17) is 0 Å². The van der Waals surface area contributed by atoms with Gasteiger partial charge in [-0.05, 0) is 108 Å². The predicted molar refractivity (Wildman–Crippen MR) is 210 cm³/mol. The maximum absolute atomic E-state index is 13.1. The highest BCUT2D eigenvalue weighted by Gasteiger charge is 2.39. The van der Waals surface area contributed by atoms with Gasteiger partial charge in [0.15, 0.2) is 13.1 Å². The first-order valence-electron chi connectivity index (χ1n) is 19.7. The number of carbonyl (C=O) groups is 3. The average Bonchev–Trinajstić information content (AvgIpc) is 3.53. The van der Waals surface area contributed by atoms with Crippen molar-refractivity contribution in [3.05, 3.63) is 124 Å². The molecule has 3 fully saturated rings. The van der Waals surface area contributed by atoms with E-state index < -0.39 is 6.04 Å². The molecular weight excluding hydrogens is 675 g/mol. The van der Waals surface area contributed by atoms with Gasteiger partial charge < -0.3 is 19.8 Å². The van der Waals surface area contributed by atoms with Crippen molar-refractivity contribution in [1.82, 2.24) is 10.2 Å². The summed E-state index contributed by atoms with van der Waals surface area (Å²) in [7, 11) is 0. The summed E-state index contributed by atoms with van der Waals surface area (Å²) in [5.41, 5.74) is 9.33. The van der Waals surface area contributed by atoms with Crippen LogP contribution in [0.1, 0.15) is 82.1 Å². The van der Waals surface area contributed by atoms with Crippen LogP contribution in [0.4, 0.5) is 11.4 Å². The number of imide groups is 1. The molecule has 0 radical (unpaired) electrons. The Morgan fingerprint density at radius 1 is 0.704 bits per heavy atom. The van der Waals surface area contributed by atoms with Crippen LogP contribution in [0.15, 0.2) is 91.0 Å². The summed E-state index contributed by atoms with van der Waals surface area (Å²) in [6.45, 7) is 6.26. The number of amides is 3. The van der Waals surface area contributed by atoms with E-state index in [1.54, 1.807) is 4.90 Å². The number of benzene rings is 4. The molecule has 9 heteroatoms. The Balaban J connectivity index is 0.802. The number of nitrogens with zero attached hydrogens (tertiary/aromatic N) is 4. The van der Waals surface area contributed by atoms with Gasteiger partial charge in [0.1, 0.15) is 18.0 Å². The number of phenols is 1. The van der Waals surface area contributed by atoms with E-state index in [1.165, 1.54) is 27.9 Å². The number of rotatable bonds is 6. The molecule has 0 unspecified atom stereocenters. The molecule has 0 saturated carbocycles. The number of anilines is 2. The van der Waals surface area contributed by atoms with E-state index in [1.807, 2.05) is 24.3 Å². The number of hydrogen-bond acceptors (Lipinski definition) is 6. The zero-order valence-electron chi connectivity index (χ0n) is 30.7. The van der Waals surface area contributed by atoms with Gasteiger partial charge in [0.25, 0.3) is 5.91 Å². The maximum atomic E-state index is 13.1. The Bertz CT molecular complexity index is 2100. The van der Waals surface area contributed by atoms with Crippen molar-refractivity contribution < 1.29 is 24.1 Å². The van der Waals surface area contributed by atoms with Crippen molar-refractivity contribution in [3.8, 4) is 5.75 Å². The van der Waals surface area contributed by atoms with Gasteiger partial charge in [-0.2, -0.15) is 0 Å². The van der Waals surface area contributed by atoms with E-state index in [9.17, 15) is 19.5 Å². The standard InChI is InChI=1S/C45H47N5O4/c51-37-12-15-39-33(27-37)8-13-38(31-4-2-1-3-5-31)43(39)32-6-9-35(10-7-32)48-20-18-30(19-21-48)28-47-22-24-49(25-23-47)36-11-14-40-34(26-36)29-50(45(40)54)41-16-17-42(52)46-44(41)53/h1-7,9-12,14-15,26-28,30,38,41,43H,8,13,16-25,29H2,(H-,46,51,52,53)/p+1/t38-,41+,43+/m1/s1. The van der Waals surface area contributed by atoms with Gasteiger partial charge in [-0.25, -0.2) is 4.58 Å². The van der Waals surface area contributed by atoms with E-state index >= 15 is 0 Å². The molecule has 9 nitrogen and oxygen atoms in total. The lowest BCUT2D eigenvalue weighted by atomic mass is 9.69. The fraction of sp³-hybridized carbons (Fsp3) is 0.378. The van der Waals surface area contributed by atoms with Crippen LogP contribution >= 0.6 is 0 Å². The predicted octanol–water partition coefficient (Wildman–Crippen LogP) is 5.84. The van der Waals surface area contributed by atoms with Crippen molar-refractivity contribution in [2.75, 3.05) is 49.1 Å². The van der Waals surface area contributed by atoms with Gasteiger partial charge in [-0.1, -0.05) is 48.5 Å². The zero-order valence-corrected chi connectivity index (χ0v) is 30.7. The molecule has 4 heterocycles. The van der Waals surface area contributed by atoms with Crippen molar-refractivity contribution >= 4 is 35.3 Å². The van der Waals surface area contributed by atoms with Crippen molar-refractivity contribution in [2.24, 2.45) is 5.92 Å². The van der Waals surface area contributed by atoms with Crippen molar-refractivity contribution in [1.29, 1.82) is 0 Å². The van der Waals surface area contributed by atoms with Crippen LogP contribution in [-0.4, -0.2) is 83.8 Å². The summed E-state index contributed by atoms with van der Waals surface area (Å²) in [6, 6.07) is 31.6. The van der Waals surface area contributed by atoms with Gasteiger partial charge >= 0.3 is 0 Å². The van der Waals surface area contributed by atoms with Gasteiger partial charge in [-0.15, -0.1) is 0 Å². The molecule has 9 rings (SSSR count). The van der Waals surface area contributed by atoms with E-state index in [0.717, 1.165) is 76.2 Å². The molecule has 4 aliphatic heterocycles. The second-order valence-electron chi connectivity index (χ2n) is 15.7. The Morgan fingerprint density at radius 2 is 1.44 bits per heavy atom. The number of piperazine rings is 1. The lowest BCUT2D eigenvalue weighted by Gasteiger charge is -2.35. The van der Waals surface area contributed by atoms with E-state index in [2.05, 4.69) is 92.6 Å². The molecule has 1 aliphatic carbocycles. The molecular formula is C45H48N5O4+. The Kier molecular flexibility index (Phi) is 9.17. The number of aromatic hydroxyl groups is 1. The Labute approximate surface area is 316 Å². The summed E-state index contributed by atoms with van der Waals surface area (Å²) in [5, 5.41) is 12.6. The second-order valence-corrected chi connectivity index (χ2v) is 15.7. The van der Waals surface area contributed by atoms with Crippen LogP contribution < -0.4 is 15.1 Å². The van der Waals surface area contributed by atoms with Crippen molar-refractivity contribution in [3.63, 3.8) is 0 Å². The van der Waals surface area contributed by atoms with Gasteiger partial charge in [0.2, 0.25) is 11.8 Å². The number of carbonyl (C=O) groups excluding carboxylic acids is 3. The monoisotopic (exact) mass is 722 g/mol. The number of aryl methyl sites for hydroxylation is 1. The van der Waals surface area contributed by atoms with E-state index in [-0.39, 0.29) is 30.1 Å². The van der Waals surface area contributed by atoms with Gasteiger partial charge in [0, 0.05) is 54.8 Å². The molecule has 3 saturated heterocycles. The minimum atomic E-state index is -0.589. The van der Waals surface area contributed by atoms with Crippen LogP contribution in [0.3, 0.4) is 0 Å². The first kappa shape index (κ1) is 34.3. The summed E-state index contributed by atoms with van der Waals surface area (Å²) in [4.78, 5) is 43.8. The SMILES string of the molecule is O=C1CC[C@H](N2Cc3cc(N4CC[N+](=CC5CCN(c6ccc([C@@H]7c8ccc(O)cc8CC[C@@H]7c7ccccc7)cc6)CC5)CC4)ccc3C2=O)C(=O)N1. The van der Waals surface area contributed by atoms with Crippen LogP contribution in [0.5, 0.6) is 5.75 Å². The largest absolute Gasteiger partial charge is 0.508 e. The lowest BCUT2D eigenvalue weighted by molar-refractivity contribution is -0.527. The van der Waals surface area contributed by atoms with E-state index in [0.29, 0.717) is 36.1 Å². The fourth-order valence-corrected chi connectivity index (χ4v) is 9.66. The summed E-state index contributed by atoms with van der Waals surface area (Å²) in [6.07, 6.45) is 7.44. The molecule has 2 N–H and O–H groups in total. The fourth-order valence-electron chi connectivity index (χ4n) is 9.66. The first-order chi connectivity index (χ1) is 26.4. The topological polar surface area (TPSA) is 96.2 Å². The number of hydrogen-bond donors (Lipinski definition) is 2. The second kappa shape index (κ2) is 14.4. The third-order valence-corrected chi connectivity index (χ3v) is 12.6. The molecule has 276 valence electrons. The molecule has 54 heavy (non-hydrogen) atoms. The molecule has 0 bridgehead atoms. The first-order valence-corrected chi connectivity index (χ1v) is 19.7. The smallest absolute Gasteiger partial charge is 0.255 e. The Morgan fingerprint density at radius 3 is 2.20 bits per heavy atom. The van der Waals surface area contributed by atoms with Gasteiger partial charge in [-0.3, -0.25) is 19.7 Å². The molecule has 0 spiro atoms. The number of phenolic OH excluding ortho intramolecular Hbond substituents is 1. The van der Waals surface area contributed by atoms with Crippen molar-refractivity contribution in [2.45, 2.75) is 62.9 Å². The molecule has 3 amide bonds. The van der Waals surface area contributed by atoms with Crippen LogP contribution in [-0.2, 0) is 22.6 Å². The van der Waals surface area contributed by atoms with Crippen LogP contribution in [0.25, 0.3) is 0 Å². The molecule has 0 aromatic heterocycles. The number of fused-ring (bicyclic) bond motifs is 2. The normalized spacial score (nSPS) is 23.3. The third-order valence-electron chi connectivity index (χ3n) is 12.6. The van der Waals surface area contributed by atoms with Crippen LogP contribution in [0.2, 0.25) is 0 Å². The zero-order chi connectivity index (χ0) is 36.8.